The largest absolute Gasteiger partial charge is 0.465 e. The second kappa shape index (κ2) is 6.31. The molecule has 21 heavy (non-hydrogen) atoms. The van der Waals surface area contributed by atoms with Crippen LogP contribution in [0, 0.1) is 0 Å². The molecule has 0 saturated carbocycles. The fourth-order valence-corrected chi connectivity index (χ4v) is 3.43. The van der Waals surface area contributed by atoms with Crippen LogP contribution in [0.4, 0.5) is 10.7 Å². The van der Waals surface area contributed by atoms with Crippen molar-refractivity contribution in [2.75, 3.05) is 44.5 Å². The molecule has 0 aliphatic carbocycles. The second-order valence-electron chi connectivity index (χ2n) is 4.72. The maximum Gasteiger partial charge on any atom is 0.343 e. The molecular formula is C13H19N3O4S. The number of hydrogen-bond acceptors (Lipinski definition) is 7. The molecule has 1 fully saturated rings. The fourth-order valence-electron chi connectivity index (χ4n) is 2.24. The van der Waals surface area contributed by atoms with E-state index < -0.39 is 5.97 Å². The molecule has 1 unspecified atom stereocenters. The molecule has 1 aromatic heterocycles. The van der Waals surface area contributed by atoms with Gasteiger partial charge in [-0.2, -0.15) is 0 Å². The summed E-state index contributed by atoms with van der Waals surface area (Å²) in [5.41, 5.74) is 6.42. The minimum absolute atomic E-state index is 0.0519. The number of carbonyl (C=O) groups excluding carboxylic acids is 2. The van der Waals surface area contributed by atoms with Crippen molar-refractivity contribution in [3.8, 4) is 0 Å². The van der Waals surface area contributed by atoms with Crippen LogP contribution in [0.15, 0.2) is 0 Å². The molecular weight excluding hydrogens is 294 g/mol. The molecule has 0 radical (unpaired) electrons. The normalized spacial score (nSPS) is 18.4. The molecule has 0 spiro atoms. The average Bonchev–Trinajstić information content (AvgIpc) is 2.83. The molecule has 2 heterocycles. The number of morpholine rings is 1. The number of esters is 1. The minimum atomic E-state index is -0.534. The predicted octanol–water partition coefficient (Wildman–Crippen LogP) is 0.702. The predicted molar refractivity (Wildman–Crippen MR) is 81.1 cm³/mol. The Morgan fingerprint density at radius 1 is 1.52 bits per heavy atom. The van der Waals surface area contributed by atoms with Gasteiger partial charge in [-0.25, -0.2) is 4.79 Å². The lowest BCUT2D eigenvalue weighted by Crippen LogP contribution is -2.41. The van der Waals surface area contributed by atoms with Gasteiger partial charge in [0.05, 0.1) is 25.5 Å². The van der Waals surface area contributed by atoms with E-state index in [4.69, 9.17) is 15.2 Å². The summed E-state index contributed by atoms with van der Waals surface area (Å²) in [6, 6.07) is 0. The van der Waals surface area contributed by atoms with Crippen LogP contribution in [0.1, 0.15) is 27.0 Å². The number of anilines is 2. The first-order chi connectivity index (χ1) is 9.99. The molecule has 1 aliphatic heterocycles. The first-order valence-electron chi connectivity index (χ1n) is 6.58. The van der Waals surface area contributed by atoms with E-state index in [2.05, 4.69) is 5.32 Å². The topological polar surface area (TPSA) is 93.9 Å². The van der Waals surface area contributed by atoms with Gasteiger partial charge in [-0.05, 0) is 6.92 Å². The second-order valence-corrected chi connectivity index (χ2v) is 5.72. The van der Waals surface area contributed by atoms with E-state index in [1.54, 1.807) is 0 Å². The number of thiophene rings is 1. The SMILES string of the molecule is CNC(=O)c1sc(N2CCOC(C)C2)c(C(=O)OC)c1N. The van der Waals surface area contributed by atoms with Gasteiger partial charge in [0.15, 0.2) is 0 Å². The van der Waals surface area contributed by atoms with Crippen LogP contribution in [-0.2, 0) is 9.47 Å². The Hall–Kier alpha value is -1.80. The first kappa shape index (κ1) is 15.6. The van der Waals surface area contributed by atoms with E-state index in [-0.39, 0.29) is 23.3 Å². The Morgan fingerprint density at radius 3 is 2.81 bits per heavy atom. The Bertz CT molecular complexity index is 558. The maximum atomic E-state index is 12.0. The van der Waals surface area contributed by atoms with Crippen LogP contribution < -0.4 is 16.0 Å². The van der Waals surface area contributed by atoms with Gasteiger partial charge in [0.2, 0.25) is 0 Å². The van der Waals surface area contributed by atoms with Crippen LogP contribution in [0.25, 0.3) is 0 Å². The number of hydrogen-bond donors (Lipinski definition) is 2. The highest BCUT2D eigenvalue weighted by atomic mass is 32.1. The lowest BCUT2D eigenvalue weighted by molar-refractivity contribution is 0.0525. The number of nitrogen functional groups attached to an aromatic ring is 1. The van der Waals surface area contributed by atoms with Crippen LogP contribution in [0.5, 0.6) is 0 Å². The van der Waals surface area contributed by atoms with Gasteiger partial charge >= 0.3 is 5.97 Å². The summed E-state index contributed by atoms with van der Waals surface area (Å²) < 4.78 is 10.3. The number of nitrogens with one attached hydrogen (secondary N) is 1. The van der Waals surface area contributed by atoms with Crippen molar-refractivity contribution in [3.63, 3.8) is 0 Å². The molecule has 1 amide bonds. The van der Waals surface area contributed by atoms with Crippen molar-refractivity contribution in [3.05, 3.63) is 10.4 Å². The lowest BCUT2D eigenvalue weighted by Gasteiger charge is -2.32. The van der Waals surface area contributed by atoms with E-state index >= 15 is 0 Å². The zero-order chi connectivity index (χ0) is 15.6. The van der Waals surface area contributed by atoms with E-state index in [0.29, 0.717) is 29.6 Å². The number of nitrogens with zero attached hydrogens (tertiary/aromatic N) is 1. The molecule has 0 aromatic carbocycles. The van der Waals surface area contributed by atoms with Crippen molar-refractivity contribution in [2.45, 2.75) is 13.0 Å². The van der Waals surface area contributed by atoms with E-state index in [0.717, 1.165) is 0 Å². The maximum absolute atomic E-state index is 12.0. The quantitative estimate of drug-likeness (QED) is 0.798. The number of rotatable bonds is 3. The Morgan fingerprint density at radius 2 is 2.24 bits per heavy atom. The Balaban J connectivity index is 2.47. The third-order valence-electron chi connectivity index (χ3n) is 3.28. The number of carbonyl (C=O) groups is 2. The number of ether oxygens (including phenoxy) is 2. The highest BCUT2D eigenvalue weighted by Crippen LogP contribution is 2.39. The third-order valence-corrected chi connectivity index (χ3v) is 4.54. The highest BCUT2D eigenvalue weighted by molar-refractivity contribution is 7.19. The molecule has 2 rings (SSSR count). The Labute approximate surface area is 127 Å². The molecule has 0 bridgehead atoms. The van der Waals surface area contributed by atoms with Gasteiger partial charge in [0.1, 0.15) is 15.4 Å². The molecule has 1 aromatic rings. The molecule has 1 saturated heterocycles. The zero-order valence-corrected chi connectivity index (χ0v) is 13.1. The first-order valence-corrected chi connectivity index (χ1v) is 7.40. The summed E-state index contributed by atoms with van der Waals surface area (Å²) in [4.78, 5) is 26.2. The molecule has 8 heteroatoms. The molecule has 1 aliphatic rings. The Kier molecular flexibility index (Phi) is 4.69. The number of amides is 1. The van der Waals surface area contributed by atoms with Crippen LogP contribution >= 0.6 is 11.3 Å². The van der Waals surface area contributed by atoms with Gasteiger partial charge in [0.25, 0.3) is 5.91 Å². The highest BCUT2D eigenvalue weighted by Gasteiger charge is 2.30. The molecule has 3 N–H and O–H groups in total. The smallest absolute Gasteiger partial charge is 0.343 e. The van der Waals surface area contributed by atoms with Gasteiger partial charge in [-0.1, -0.05) is 0 Å². The van der Waals surface area contributed by atoms with Crippen LogP contribution in [0.2, 0.25) is 0 Å². The fraction of sp³-hybridized carbons (Fsp3) is 0.538. The standard InChI is InChI=1S/C13H19N3O4S/c1-7-6-16(4-5-20-7)12-8(13(18)19-3)9(14)10(21-12)11(17)15-2/h7H,4-6,14H2,1-3H3,(H,15,17). The van der Waals surface area contributed by atoms with Crippen molar-refractivity contribution in [1.82, 2.24) is 5.32 Å². The van der Waals surface area contributed by atoms with Gasteiger partial charge < -0.3 is 25.4 Å². The summed E-state index contributed by atoms with van der Waals surface area (Å²) in [5, 5.41) is 3.19. The lowest BCUT2D eigenvalue weighted by atomic mass is 10.2. The summed E-state index contributed by atoms with van der Waals surface area (Å²) in [5.74, 6) is -0.844. The zero-order valence-electron chi connectivity index (χ0n) is 12.3. The van der Waals surface area contributed by atoms with Crippen molar-refractivity contribution in [2.24, 2.45) is 0 Å². The van der Waals surface area contributed by atoms with Crippen molar-refractivity contribution < 1.29 is 19.1 Å². The van der Waals surface area contributed by atoms with Gasteiger partial charge in [-0.15, -0.1) is 11.3 Å². The monoisotopic (exact) mass is 313 g/mol. The van der Waals surface area contributed by atoms with Crippen LogP contribution in [0.3, 0.4) is 0 Å². The number of nitrogens with two attached hydrogens (primary N) is 1. The van der Waals surface area contributed by atoms with Gasteiger partial charge in [-0.3, -0.25) is 4.79 Å². The van der Waals surface area contributed by atoms with E-state index in [1.165, 1.54) is 25.5 Å². The summed E-state index contributed by atoms with van der Waals surface area (Å²) in [6.45, 7) is 3.80. The summed E-state index contributed by atoms with van der Waals surface area (Å²) in [7, 11) is 2.82. The minimum Gasteiger partial charge on any atom is -0.465 e. The molecule has 116 valence electrons. The van der Waals surface area contributed by atoms with Crippen molar-refractivity contribution >= 4 is 33.9 Å². The van der Waals surface area contributed by atoms with E-state index in [1.807, 2.05) is 11.8 Å². The molecule has 1 atom stereocenters. The van der Waals surface area contributed by atoms with E-state index in [9.17, 15) is 9.59 Å². The average molecular weight is 313 g/mol. The summed E-state index contributed by atoms with van der Waals surface area (Å²) >= 11 is 1.20. The summed E-state index contributed by atoms with van der Waals surface area (Å²) in [6.07, 6.45) is 0.0519. The van der Waals surface area contributed by atoms with Gasteiger partial charge in [0, 0.05) is 20.1 Å². The van der Waals surface area contributed by atoms with Crippen LogP contribution in [-0.4, -0.2) is 51.8 Å². The third kappa shape index (κ3) is 2.96. The molecule has 7 nitrogen and oxygen atoms in total. The number of methoxy groups -OCH3 is 1. The van der Waals surface area contributed by atoms with Crippen molar-refractivity contribution in [1.29, 1.82) is 0 Å².